The molecule has 0 spiro atoms. The molecule has 0 saturated carbocycles. The Balaban J connectivity index is 1.47. The summed E-state index contributed by atoms with van der Waals surface area (Å²) < 4.78 is 29.6. The quantitative estimate of drug-likeness (QED) is 0.326. The average Bonchev–Trinajstić information content (AvgIpc) is 3.20. The maximum absolute atomic E-state index is 14.2. The normalized spacial score (nSPS) is 19.3. The fourth-order valence-corrected chi connectivity index (χ4v) is 7.95. The van der Waals surface area contributed by atoms with Crippen LogP contribution in [-0.4, -0.2) is 54.6 Å². The van der Waals surface area contributed by atoms with E-state index in [1.165, 1.54) is 28.1 Å². The van der Waals surface area contributed by atoms with Crippen molar-refractivity contribution in [2.24, 2.45) is 0 Å². The lowest BCUT2D eigenvalue weighted by Crippen LogP contribution is -2.53. The standard InChI is InChI=1S/C28H26Cl3N3O4S/c29-20-6-9-22(10-7-20)33-27(35)17-25(28(33)36)34(39(37,38)26-16-21(30)8-11-24(26)31)23-12-14-32(15-13-23)18-19-4-2-1-3-5-19/h1-11,16,23,25H,12-15,17-18H2. The Morgan fingerprint density at radius 2 is 1.49 bits per heavy atom. The van der Waals surface area contributed by atoms with E-state index in [-0.39, 0.29) is 21.4 Å². The fourth-order valence-electron chi connectivity index (χ4n) is 5.26. The minimum Gasteiger partial charge on any atom is -0.299 e. The smallest absolute Gasteiger partial charge is 0.252 e. The molecule has 2 heterocycles. The molecular weight excluding hydrogens is 581 g/mol. The van der Waals surface area contributed by atoms with Crippen LogP contribution in [0.2, 0.25) is 15.1 Å². The summed E-state index contributed by atoms with van der Waals surface area (Å²) in [6.07, 6.45) is 0.704. The molecule has 0 aromatic heterocycles. The second-order valence-corrected chi connectivity index (χ2v) is 12.8. The third kappa shape index (κ3) is 5.87. The topological polar surface area (TPSA) is 78.0 Å². The van der Waals surface area contributed by atoms with Gasteiger partial charge >= 0.3 is 0 Å². The average molecular weight is 607 g/mol. The summed E-state index contributed by atoms with van der Waals surface area (Å²) in [5, 5.41) is 0.654. The van der Waals surface area contributed by atoms with Gasteiger partial charge in [-0.25, -0.2) is 13.3 Å². The Kier molecular flexibility index (Phi) is 8.33. The molecule has 1 atom stereocenters. The second kappa shape index (κ2) is 11.6. The van der Waals surface area contributed by atoms with E-state index in [1.54, 1.807) is 24.3 Å². The number of halogens is 3. The molecule has 0 aliphatic carbocycles. The van der Waals surface area contributed by atoms with E-state index in [4.69, 9.17) is 34.8 Å². The first-order valence-corrected chi connectivity index (χ1v) is 15.1. The number of hydrogen-bond donors (Lipinski definition) is 0. The Morgan fingerprint density at radius 3 is 2.15 bits per heavy atom. The van der Waals surface area contributed by atoms with E-state index in [2.05, 4.69) is 17.0 Å². The van der Waals surface area contributed by atoms with Crippen molar-refractivity contribution in [3.63, 3.8) is 0 Å². The number of nitrogens with zero attached hydrogens (tertiary/aromatic N) is 3. The maximum atomic E-state index is 14.2. The van der Waals surface area contributed by atoms with Crippen molar-refractivity contribution in [2.45, 2.75) is 42.8 Å². The van der Waals surface area contributed by atoms with Crippen molar-refractivity contribution in [3.05, 3.63) is 93.4 Å². The molecule has 2 aliphatic heterocycles. The lowest BCUT2D eigenvalue weighted by Gasteiger charge is -2.39. The zero-order valence-electron chi connectivity index (χ0n) is 20.8. The van der Waals surface area contributed by atoms with Crippen LogP contribution in [0.3, 0.4) is 0 Å². The zero-order valence-corrected chi connectivity index (χ0v) is 23.9. The molecule has 5 rings (SSSR count). The van der Waals surface area contributed by atoms with Crippen molar-refractivity contribution >= 4 is 62.3 Å². The van der Waals surface area contributed by atoms with E-state index in [0.717, 1.165) is 11.4 Å². The van der Waals surface area contributed by atoms with E-state index in [1.807, 2.05) is 18.2 Å². The van der Waals surface area contributed by atoms with Crippen LogP contribution < -0.4 is 4.90 Å². The van der Waals surface area contributed by atoms with Gasteiger partial charge in [-0.3, -0.25) is 14.5 Å². The number of imide groups is 1. The summed E-state index contributed by atoms with van der Waals surface area (Å²) in [6, 6.07) is 18.8. The predicted octanol–water partition coefficient (Wildman–Crippen LogP) is 5.63. The highest BCUT2D eigenvalue weighted by Crippen LogP contribution is 2.36. The summed E-state index contributed by atoms with van der Waals surface area (Å²) in [4.78, 5) is 29.9. The minimum atomic E-state index is -4.30. The highest BCUT2D eigenvalue weighted by atomic mass is 35.5. The summed E-state index contributed by atoms with van der Waals surface area (Å²) in [5.74, 6) is -1.08. The Bertz CT molecular complexity index is 1480. The molecule has 2 fully saturated rings. The van der Waals surface area contributed by atoms with Gasteiger partial charge in [0, 0.05) is 35.7 Å². The number of sulfonamides is 1. The second-order valence-electron chi connectivity index (χ2n) is 9.67. The minimum absolute atomic E-state index is 0.00255. The number of carbonyl (C=O) groups is 2. The fraction of sp³-hybridized carbons (Fsp3) is 0.286. The molecule has 2 saturated heterocycles. The summed E-state index contributed by atoms with van der Waals surface area (Å²) >= 11 is 18.5. The maximum Gasteiger partial charge on any atom is 0.252 e. The monoisotopic (exact) mass is 605 g/mol. The van der Waals surface area contributed by atoms with Gasteiger partial charge in [0.05, 0.1) is 17.1 Å². The zero-order chi connectivity index (χ0) is 27.7. The van der Waals surface area contributed by atoms with Gasteiger partial charge in [-0.1, -0.05) is 65.1 Å². The number of hydrogen-bond acceptors (Lipinski definition) is 5. The van der Waals surface area contributed by atoms with Crippen molar-refractivity contribution in [1.82, 2.24) is 9.21 Å². The van der Waals surface area contributed by atoms with Crippen molar-refractivity contribution in [2.75, 3.05) is 18.0 Å². The molecule has 11 heteroatoms. The van der Waals surface area contributed by atoms with E-state index < -0.39 is 33.9 Å². The Morgan fingerprint density at radius 1 is 0.846 bits per heavy atom. The number of benzene rings is 3. The molecule has 204 valence electrons. The Labute approximate surface area is 242 Å². The van der Waals surface area contributed by atoms with Crippen molar-refractivity contribution in [1.29, 1.82) is 0 Å². The lowest BCUT2D eigenvalue weighted by molar-refractivity contribution is -0.122. The molecule has 0 N–H and O–H groups in total. The molecule has 3 aromatic rings. The number of piperidine rings is 1. The van der Waals surface area contributed by atoms with Gasteiger partial charge < -0.3 is 0 Å². The predicted molar refractivity (Wildman–Crippen MR) is 153 cm³/mol. The number of carbonyl (C=O) groups excluding carboxylic acids is 2. The first kappa shape index (κ1) is 28.1. The number of anilines is 1. The SMILES string of the molecule is O=C1CC(N(C2CCN(Cc3ccccc3)CC2)S(=O)(=O)c2cc(Cl)ccc2Cl)C(=O)N1c1ccc(Cl)cc1. The summed E-state index contributed by atoms with van der Waals surface area (Å²) in [7, 11) is -4.30. The lowest BCUT2D eigenvalue weighted by atomic mass is 10.0. The molecule has 0 bridgehead atoms. The summed E-state index contributed by atoms with van der Waals surface area (Å²) in [5.41, 5.74) is 1.51. The molecule has 1 unspecified atom stereocenters. The van der Waals surface area contributed by atoms with Gasteiger partial charge in [0.25, 0.3) is 5.91 Å². The van der Waals surface area contributed by atoms with Crippen LogP contribution in [0, 0.1) is 0 Å². The van der Waals surface area contributed by atoms with E-state index >= 15 is 0 Å². The van der Waals surface area contributed by atoms with Gasteiger partial charge in [-0.2, -0.15) is 4.31 Å². The van der Waals surface area contributed by atoms with Crippen LogP contribution in [-0.2, 0) is 26.2 Å². The van der Waals surface area contributed by atoms with Gasteiger partial charge in [0.2, 0.25) is 15.9 Å². The van der Waals surface area contributed by atoms with E-state index in [0.29, 0.717) is 36.6 Å². The molecule has 2 aliphatic rings. The van der Waals surface area contributed by atoms with E-state index in [9.17, 15) is 18.0 Å². The molecule has 2 amide bonds. The van der Waals surface area contributed by atoms with Gasteiger partial charge in [0.1, 0.15) is 10.9 Å². The van der Waals surface area contributed by atoms with Crippen LogP contribution >= 0.6 is 34.8 Å². The number of amides is 2. The molecular formula is C28H26Cl3N3O4S. The van der Waals surface area contributed by atoms with Crippen LogP contribution in [0.5, 0.6) is 0 Å². The molecule has 3 aromatic carbocycles. The summed E-state index contributed by atoms with van der Waals surface area (Å²) in [6.45, 7) is 2.00. The number of likely N-dealkylation sites (tertiary alicyclic amines) is 1. The highest BCUT2D eigenvalue weighted by Gasteiger charge is 2.50. The van der Waals surface area contributed by atoms with Crippen LogP contribution in [0.25, 0.3) is 0 Å². The third-order valence-electron chi connectivity index (χ3n) is 7.13. The van der Waals surface area contributed by atoms with Crippen LogP contribution in [0.1, 0.15) is 24.8 Å². The molecule has 7 nitrogen and oxygen atoms in total. The Hall–Kier alpha value is -2.46. The van der Waals surface area contributed by atoms with Crippen molar-refractivity contribution in [3.8, 4) is 0 Å². The van der Waals surface area contributed by atoms with Gasteiger partial charge in [-0.15, -0.1) is 0 Å². The molecule has 0 radical (unpaired) electrons. The largest absolute Gasteiger partial charge is 0.299 e. The van der Waals surface area contributed by atoms with Crippen LogP contribution in [0.15, 0.2) is 77.7 Å². The number of rotatable bonds is 7. The van der Waals surface area contributed by atoms with Gasteiger partial charge in [-0.05, 0) is 60.9 Å². The first-order valence-electron chi connectivity index (χ1n) is 12.5. The molecule has 39 heavy (non-hydrogen) atoms. The third-order valence-corrected chi connectivity index (χ3v) is 10.1. The highest BCUT2D eigenvalue weighted by molar-refractivity contribution is 7.89. The van der Waals surface area contributed by atoms with Crippen LogP contribution in [0.4, 0.5) is 5.69 Å². The first-order chi connectivity index (χ1) is 18.6. The van der Waals surface area contributed by atoms with Gasteiger partial charge in [0.15, 0.2) is 0 Å². The van der Waals surface area contributed by atoms with Crippen molar-refractivity contribution < 1.29 is 18.0 Å².